The van der Waals surface area contributed by atoms with E-state index in [1.807, 2.05) is 0 Å². The van der Waals surface area contributed by atoms with Crippen LogP contribution in [0.1, 0.15) is 18.9 Å². The molecular formula is C14H17F2N3O2. The second-order valence-electron chi connectivity index (χ2n) is 5.05. The molecule has 0 saturated carbocycles. The van der Waals surface area contributed by atoms with Crippen molar-refractivity contribution in [1.82, 2.24) is 14.8 Å². The number of rotatable bonds is 6. The summed E-state index contributed by atoms with van der Waals surface area (Å²) in [7, 11) is 0. The third-order valence-electron chi connectivity index (χ3n) is 3.64. The van der Waals surface area contributed by atoms with Gasteiger partial charge in [-0.05, 0) is 18.4 Å². The highest BCUT2D eigenvalue weighted by atomic mass is 19.1. The van der Waals surface area contributed by atoms with Crippen LogP contribution in [-0.2, 0) is 12.1 Å². The fourth-order valence-electron chi connectivity index (χ4n) is 2.34. The van der Waals surface area contributed by atoms with E-state index in [9.17, 15) is 13.9 Å². The van der Waals surface area contributed by atoms with E-state index in [0.29, 0.717) is 0 Å². The SMILES string of the molecule is CC(CCO)[C@](O)(Cn1cncn1)c1ccc(F)cc1F. The summed E-state index contributed by atoms with van der Waals surface area (Å²) < 4.78 is 28.5. The quantitative estimate of drug-likeness (QED) is 0.847. The average Bonchev–Trinajstić information content (AvgIpc) is 2.91. The molecule has 2 N–H and O–H groups in total. The molecule has 2 aromatic rings. The van der Waals surface area contributed by atoms with Gasteiger partial charge < -0.3 is 10.2 Å². The molecule has 0 saturated heterocycles. The molecule has 0 aliphatic carbocycles. The molecule has 0 amide bonds. The normalized spacial score (nSPS) is 15.7. The molecule has 0 spiro atoms. The summed E-state index contributed by atoms with van der Waals surface area (Å²) in [6.07, 6.45) is 2.97. The Balaban J connectivity index is 2.43. The van der Waals surface area contributed by atoms with E-state index in [4.69, 9.17) is 5.11 Å². The zero-order chi connectivity index (χ0) is 15.5. The van der Waals surface area contributed by atoms with Gasteiger partial charge in [-0.1, -0.05) is 13.0 Å². The van der Waals surface area contributed by atoms with Gasteiger partial charge in [-0.2, -0.15) is 5.10 Å². The van der Waals surface area contributed by atoms with E-state index in [2.05, 4.69) is 10.1 Å². The maximum atomic E-state index is 14.1. The highest BCUT2D eigenvalue weighted by molar-refractivity contribution is 5.26. The largest absolute Gasteiger partial charge is 0.396 e. The summed E-state index contributed by atoms with van der Waals surface area (Å²) in [5.74, 6) is -2.01. The zero-order valence-electron chi connectivity index (χ0n) is 11.6. The fourth-order valence-corrected chi connectivity index (χ4v) is 2.34. The Bertz CT molecular complexity index is 592. The van der Waals surface area contributed by atoms with Gasteiger partial charge in [0.2, 0.25) is 0 Å². The van der Waals surface area contributed by atoms with E-state index in [0.717, 1.165) is 12.1 Å². The highest BCUT2D eigenvalue weighted by Crippen LogP contribution is 2.35. The van der Waals surface area contributed by atoms with Gasteiger partial charge in [0.25, 0.3) is 0 Å². The minimum atomic E-state index is -1.63. The van der Waals surface area contributed by atoms with Crippen LogP contribution in [0.4, 0.5) is 8.78 Å². The molecule has 21 heavy (non-hydrogen) atoms. The van der Waals surface area contributed by atoms with Gasteiger partial charge in [-0.15, -0.1) is 0 Å². The lowest BCUT2D eigenvalue weighted by molar-refractivity contribution is -0.0462. The monoisotopic (exact) mass is 297 g/mol. The second kappa shape index (κ2) is 6.28. The fraction of sp³-hybridized carbons (Fsp3) is 0.429. The number of aromatic nitrogens is 3. The molecule has 5 nitrogen and oxygen atoms in total. The van der Waals surface area contributed by atoms with Crippen LogP contribution in [0.25, 0.3) is 0 Å². The van der Waals surface area contributed by atoms with E-state index in [1.54, 1.807) is 6.92 Å². The van der Waals surface area contributed by atoms with Crippen LogP contribution in [0.3, 0.4) is 0 Å². The second-order valence-corrected chi connectivity index (χ2v) is 5.05. The molecule has 0 bridgehead atoms. The van der Waals surface area contributed by atoms with Crippen molar-refractivity contribution in [2.75, 3.05) is 6.61 Å². The average molecular weight is 297 g/mol. The van der Waals surface area contributed by atoms with Crippen molar-refractivity contribution in [3.63, 3.8) is 0 Å². The molecule has 7 heteroatoms. The van der Waals surface area contributed by atoms with Gasteiger partial charge in [-0.25, -0.2) is 18.4 Å². The Kier molecular flexibility index (Phi) is 4.64. The molecule has 1 unspecified atom stereocenters. The minimum Gasteiger partial charge on any atom is -0.396 e. The summed E-state index contributed by atoms with van der Waals surface area (Å²) in [6.45, 7) is 1.50. The molecule has 2 rings (SSSR count). The van der Waals surface area contributed by atoms with Gasteiger partial charge in [-0.3, -0.25) is 0 Å². The van der Waals surface area contributed by atoms with Gasteiger partial charge in [0.05, 0.1) is 6.54 Å². The van der Waals surface area contributed by atoms with Crippen molar-refractivity contribution in [3.8, 4) is 0 Å². The Morgan fingerprint density at radius 2 is 2.14 bits per heavy atom. The van der Waals surface area contributed by atoms with Crippen molar-refractivity contribution in [2.45, 2.75) is 25.5 Å². The Morgan fingerprint density at radius 1 is 1.38 bits per heavy atom. The van der Waals surface area contributed by atoms with Gasteiger partial charge in [0.15, 0.2) is 0 Å². The standard InChI is InChI=1S/C14H17F2N3O2/c1-10(4-5-20)14(21,7-19-9-17-8-18-19)12-3-2-11(15)6-13(12)16/h2-3,6,8-10,20-21H,4-5,7H2,1H3/t10?,14-/m1/s1. The number of aliphatic hydroxyl groups is 2. The van der Waals surface area contributed by atoms with Crippen LogP contribution < -0.4 is 0 Å². The number of benzene rings is 1. The Hall–Kier alpha value is -1.86. The molecule has 0 radical (unpaired) electrons. The van der Waals surface area contributed by atoms with Gasteiger partial charge in [0, 0.05) is 18.2 Å². The van der Waals surface area contributed by atoms with Crippen molar-refractivity contribution in [3.05, 3.63) is 48.1 Å². The van der Waals surface area contributed by atoms with Crippen LogP contribution in [0.5, 0.6) is 0 Å². The molecule has 114 valence electrons. The minimum absolute atomic E-state index is 0.0275. The van der Waals surface area contributed by atoms with E-state index in [1.165, 1.54) is 23.4 Å². The number of aliphatic hydroxyl groups excluding tert-OH is 1. The maximum absolute atomic E-state index is 14.1. The predicted molar refractivity (Wildman–Crippen MR) is 71.1 cm³/mol. The first-order valence-corrected chi connectivity index (χ1v) is 6.58. The zero-order valence-corrected chi connectivity index (χ0v) is 11.6. The molecule has 1 heterocycles. The van der Waals surface area contributed by atoms with Crippen molar-refractivity contribution < 1.29 is 19.0 Å². The van der Waals surface area contributed by atoms with E-state index in [-0.39, 0.29) is 25.1 Å². The van der Waals surface area contributed by atoms with Crippen molar-refractivity contribution in [1.29, 1.82) is 0 Å². The Morgan fingerprint density at radius 3 is 2.71 bits per heavy atom. The first-order valence-electron chi connectivity index (χ1n) is 6.58. The van der Waals surface area contributed by atoms with Crippen LogP contribution in [0.2, 0.25) is 0 Å². The predicted octanol–water partition coefficient (Wildman–Crippen LogP) is 1.46. The van der Waals surface area contributed by atoms with Gasteiger partial charge in [0.1, 0.15) is 29.9 Å². The third kappa shape index (κ3) is 3.25. The first-order chi connectivity index (χ1) is 9.97. The summed E-state index contributed by atoms with van der Waals surface area (Å²) in [4.78, 5) is 3.78. The van der Waals surface area contributed by atoms with Crippen molar-refractivity contribution >= 4 is 0 Å². The molecule has 1 aromatic carbocycles. The number of hydrogen-bond acceptors (Lipinski definition) is 4. The summed E-state index contributed by atoms with van der Waals surface area (Å²) >= 11 is 0. The van der Waals surface area contributed by atoms with Crippen LogP contribution in [0, 0.1) is 17.6 Å². The van der Waals surface area contributed by atoms with Crippen molar-refractivity contribution in [2.24, 2.45) is 5.92 Å². The van der Waals surface area contributed by atoms with Crippen LogP contribution in [-0.4, -0.2) is 31.6 Å². The molecular weight excluding hydrogens is 280 g/mol. The van der Waals surface area contributed by atoms with E-state index < -0.39 is 23.2 Å². The van der Waals surface area contributed by atoms with Crippen LogP contribution >= 0.6 is 0 Å². The van der Waals surface area contributed by atoms with Crippen LogP contribution in [0.15, 0.2) is 30.9 Å². The Labute approximate surface area is 120 Å². The first kappa shape index (κ1) is 15.5. The number of nitrogens with zero attached hydrogens (tertiary/aromatic N) is 3. The lowest BCUT2D eigenvalue weighted by Crippen LogP contribution is -2.39. The third-order valence-corrected chi connectivity index (χ3v) is 3.64. The summed E-state index contributed by atoms with van der Waals surface area (Å²) in [5, 5.41) is 24.0. The molecule has 2 atom stereocenters. The summed E-state index contributed by atoms with van der Waals surface area (Å²) in [5.41, 5.74) is -1.66. The highest BCUT2D eigenvalue weighted by Gasteiger charge is 2.38. The maximum Gasteiger partial charge on any atom is 0.137 e. The molecule has 0 aliphatic rings. The lowest BCUT2D eigenvalue weighted by atomic mass is 9.80. The molecule has 0 fully saturated rings. The number of hydrogen-bond donors (Lipinski definition) is 2. The summed E-state index contributed by atoms with van der Waals surface area (Å²) in [6, 6.07) is 3.04. The van der Waals surface area contributed by atoms with E-state index >= 15 is 0 Å². The topological polar surface area (TPSA) is 71.2 Å². The smallest absolute Gasteiger partial charge is 0.137 e. The lowest BCUT2D eigenvalue weighted by Gasteiger charge is -2.34. The molecule has 1 aromatic heterocycles. The number of halogens is 2. The van der Waals surface area contributed by atoms with Gasteiger partial charge >= 0.3 is 0 Å². The molecule has 0 aliphatic heterocycles.